The Morgan fingerprint density at radius 1 is 1.15 bits per heavy atom. The first-order chi connectivity index (χ1) is 12.7. The number of oxazole rings is 1. The average Bonchev–Trinajstić information content (AvgIpc) is 3.09. The molecule has 2 heterocycles. The van der Waals surface area contributed by atoms with Crippen LogP contribution in [0.4, 0.5) is 0 Å². The molecule has 0 fully saturated rings. The second kappa shape index (κ2) is 7.04. The molecule has 5 heteroatoms. The molecule has 132 valence electrons. The van der Waals surface area contributed by atoms with E-state index in [1.54, 1.807) is 4.90 Å². The summed E-state index contributed by atoms with van der Waals surface area (Å²) in [6, 6.07) is 17.2. The second-order valence-corrected chi connectivity index (χ2v) is 6.42. The summed E-state index contributed by atoms with van der Waals surface area (Å²) in [6.07, 6.45) is 0.696. The maximum atomic E-state index is 12.7. The number of carbonyl (C=O) groups excluding carboxylic acids is 1. The van der Waals surface area contributed by atoms with Gasteiger partial charge >= 0.3 is 0 Å². The molecule has 0 spiro atoms. The molecule has 0 saturated carbocycles. The van der Waals surface area contributed by atoms with Crippen LogP contribution in [0.2, 0.25) is 0 Å². The van der Waals surface area contributed by atoms with Crippen molar-refractivity contribution in [2.45, 2.75) is 26.5 Å². The van der Waals surface area contributed by atoms with E-state index in [1.807, 2.05) is 61.5 Å². The minimum atomic E-state index is 0.0223. The molecule has 1 aliphatic heterocycles. The number of fused-ring (bicyclic) bond motifs is 1. The number of aromatic nitrogens is 1. The first-order valence-electron chi connectivity index (χ1n) is 8.70. The molecule has 2 aromatic carbocycles. The van der Waals surface area contributed by atoms with Crippen molar-refractivity contribution in [3.05, 3.63) is 83.1 Å². The van der Waals surface area contributed by atoms with Crippen molar-refractivity contribution in [3.63, 3.8) is 0 Å². The molecule has 0 N–H and O–H groups in total. The van der Waals surface area contributed by atoms with E-state index in [-0.39, 0.29) is 12.5 Å². The SMILES string of the molecule is Cc1ccc(C(=O)N2CCc3nc(COc4ccccc4)oc3C2)cc1. The molecule has 26 heavy (non-hydrogen) atoms. The van der Waals surface area contributed by atoms with Crippen LogP contribution in [0.3, 0.4) is 0 Å². The number of hydrogen-bond donors (Lipinski definition) is 0. The molecule has 3 aromatic rings. The first kappa shape index (κ1) is 16.4. The third kappa shape index (κ3) is 3.47. The minimum absolute atomic E-state index is 0.0223. The molecule has 1 aliphatic rings. The minimum Gasteiger partial charge on any atom is -0.484 e. The van der Waals surface area contributed by atoms with Crippen molar-refractivity contribution in [1.82, 2.24) is 9.88 Å². The van der Waals surface area contributed by atoms with Gasteiger partial charge in [-0.25, -0.2) is 4.98 Å². The van der Waals surface area contributed by atoms with Gasteiger partial charge in [0.25, 0.3) is 5.91 Å². The normalized spacial score (nSPS) is 13.3. The van der Waals surface area contributed by atoms with Crippen LogP contribution < -0.4 is 4.74 Å². The van der Waals surface area contributed by atoms with Crippen molar-refractivity contribution in [3.8, 4) is 5.75 Å². The van der Waals surface area contributed by atoms with Crippen LogP contribution in [0.25, 0.3) is 0 Å². The molecule has 5 nitrogen and oxygen atoms in total. The van der Waals surface area contributed by atoms with Crippen LogP contribution in [-0.4, -0.2) is 22.3 Å². The van der Waals surface area contributed by atoms with Gasteiger partial charge in [-0.05, 0) is 31.2 Å². The van der Waals surface area contributed by atoms with Gasteiger partial charge in [0.05, 0.1) is 12.2 Å². The molecule has 1 amide bonds. The van der Waals surface area contributed by atoms with E-state index in [2.05, 4.69) is 4.98 Å². The lowest BCUT2D eigenvalue weighted by molar-refractivity contribution is 0.0718. The lowest BCUT2D eigenvalue weighted by Gasteiger charge is -2.25. The Bertz CT molecular complexity index is 901. The fraction of sp³-hybridized carbons (Fsp3) is 0.238. The van der Waals surface area contributed by atoms with E-state index in [9.17, 15) is 4.79 Å². The highest BCUT2D eigenvalue weighted by Crippen LogP contribution is 2.22. The van der Waals surface area contributed by atoms with E-state index >= 15 is 0 Å². The smallest absolute Gasteiger partial charge is 0.254 e. The zero-order chi connectivity index (χ0) is 17.9. The monoisotopic (exact) mass is 348 g/mol. The number of amides is 1. The Morgan fingerprint density at radius 3 is 2.69 bits per heavy atom. The van der Waals surface area contributed by atoms with Crippen LogP contribution in [0.15, 0.2) is 59.0 Å². The zero-order valence-electron chi connectivity index (χ0n) is 14.6. The zero-order valence-corrected chi connectivity index (χ0v) is 14.6. The Kier molecular flexibility index (Phi) is 4.44. The first-order valence-corrected chi connectivity index (χ1v) is 8.70. The summed E-state index contributed by atoms with van der Waals surface area (Å²) in [6.45, 7) is 3.38. The lowest BCUT2D eigenvalue weighted by Crippen LogP contribution is -2.35. The highest BCUT2D eigenvalue weighted by molar-refractivity contribution is 5.94. The molecular formula is C21H20N2O3. The third-order valence-electron chi connectivity index (χ3n) is 4.47. The number of carbonyl (C=O) groups is 1. The van der Waals surface area contributed by atoms with Crippen LogP contribution >= 0.6 is 0 Å². The van der Waals surface area contributed by atoms with Gasteiger partial charge in [-0.15, -0.1) is 0 Å². The Labute approximate surface area is 152 Å². The molecule has 0 saturated heterocycles. The highest BCUT2D eigenvalue weighted by atomic mass is 16.5. The fourth-order valence-corrected chi connectivity index (χ4v) is 3.02. The number of nitrogens with zero attached hydrogens (tertiary/aromatic N) is 2. The lowest BCUT2D eigenvalue weighted by atomic mass is 10.1. The van der Waals surface area contributed by atoms with Crippen LogP contribution in [0, 0.1) is 6.92 Å². The summed E-state index contributed by atoms with van der Waals surface area (Å²) >= 11 is 0. The summed E-state index contributed by atoms with van der Waals surface area (Å²) in [5.74, 6) is 2.10. The summed E-state index contributed by atoms with van der Waals surface area (Å²) in [7, 11) is 0. The van der Waals surface area contributed by atoms with E-state index in [1.165, 1.54) is 0 Å². The maximum Gasteiger partial charge on any atom is 0.254 e. The molecular weight excluding hydrogens is 328 g/mol. The topological polar surface area (TPSA) is 55.6 Å². The summed E-state index contributed by atoms with van der Waals surface area (Å²) in [5.41, 5.74) is 2.76. The van der Waals surface area contributed by atoms with Gasteiger partial charge in [-0.3, -0.25) is 4.79 Å². The van der Waals surface area contributed by atoms with E-state index in [4.69, 9.17) is 9.15 Å². The fourth-order valence-electron chi connectivity index (χ4n) is 3.02. The summed E-state index contributed by atoms with van der Waals surface area (Å²) in [4.78, 5) is 19.0. The molecule has 0 bridgehead atoms. The van der Waals surface area contributed by atoms with Crippen LogP contribution in [0.5, 0.6) is 5.75 Å². The van der Waals surface area contributed by atoms with Crippen LogP contribution in [-0.2, 0) is 19.6 Å². The van der Waals surface area contributed by atoms with Crippen molar-refractivity contribution in [2.75, 3.05) is 6.54 Å². The van der Waals surface area contributed by atoms with Gasteiger partial charge < -0.3 is 14.1 Å². The van der Waals surface area contributed by atoms with Gasteiger partial charge in [0.1, 0.15) is 11.5 Å². The molecule has 0 atom stereocenters. The Balaban J connectivity index is 1.43. The van der Waals surface area contributed by atoms with Gasteiger partial charge in [0, 0.05) is 18.5 Å². The number of ether oxygens (including phenoxy) is 1. The van der Waals surface area contributed by atoms with Crippen LogP contribution in [0.1, 0.15) is 33.3 Å². The Hall–Kier alpha value is -3.08. The number of para-hydroxylation sites is 1. The van der Waals surface area contributed by atoms with Gasteiger partial charge in [-0.1, -0.05) is 35.9 Å². The van der Waals surface area contributed by atoms with Gasteiger partial charge in [-0.2, -0.15) is 0 Å². The average molecular weight is 348 g/mol. The number of benzene rings is 2. The van der Waals surface area contributed by atoms with E-state index in [0.29, 0.717) is 31.0 Å². The maximum absolute atomic E-state index is 12.7. The third-order valence-corrected chi connectivity index (χ3v) is 4.47. The van der Waals surface area contributed by atoms with Crippen molar-refractivity contribution >= 4 is 5.91 Å². The molecule has 1 aromatic heterocycles. The predicted octanol–water partition coefficient (Wildman–Crippen LogP) is 3.76. The standard InChI is InChI=1S/C21H20N2O3/c1-15-7-9-16(10-8-15)21(24)23-12-11-18-19(13-23)26-20(22-18)14-25-17-5-3-2-4-6-17/h2-10H,11-14H2,1H3. The van der Waals surface area contributed by atoms with Gasteiger partial charge in [0.15, 0.2) is 6.61 Å². The molecule has 0 aliphatic carbocycles. The van der Waals surface area contributed by atoms with E-state index in [0.717, 1.165) is 22.8 Å². The molecule has 0 radical (unpaired) electrons. The Morgan fingerprint density at radius 2 is 1.92 bits per heavy atom. The van der Waals surface area contributed by atoms with Crippen molar-refractivity contribution < 1.29 is 13.9 Å². The quantitative estimate of drug-likeness (QED) is 0.720. The number of hydrogen-bond acceptors (Lipinski definition) is 4. The van der Waals surface area contributed by atoms with Crippen molar-refractivity contribution in [1.29, 1.82) is 0 Å². The largest absolute Gasteiger partial charge is 0.484 e. The number of aryl methyl sites for hydroxylation is 1. The summed E-state index contributed by atoms with van der Waals surface area (Å²) < 4.78 is 11.5. The van der Waals surface area contributed by atoms with Crippen molar-refractivity contribution in [2.24, 2.45) is 0 Å². The number of rotatable bonds is 4. The van der Waals surface area contributed by atoms with Gasteiger partial charge in [0.2, 0.25) is 5.89 Å². The summed E-state index contributed by atoms with van der Waals surface area (Å²) in [5, 5.41) is 0. The van der Waals surface area contributed by atoms with E-state index < -0.39 is 0 Å². The molecule has 0 unspecified atom stereocenters. The highest BCUT2D eigenvalue weighted by Gasteiger charge is 2.26. The molecule has 4 rings (SSSR count). The second-order valence-electron chi connectivity index (χ2n) is 6.42. The predicted molar refractivity (Wildman–Crippen MR) is 96.9 cm³/mol.